The van der Waals surface area contributed by atoms with E-state index in [2.05, 4.69) is 5.32 Å². The molecule has 2 rings (SSSR count). The molecule has 5 nitrogen and oxygen atoms in total. The molecule has 0 spiro atoms. The highest BCUT2D eigenvalue weighted by Gasteiger charge is 2.43. The van der Waals surface area contributed by atoms with Crippen LogP contribution in [0.3, 0.4) is 0 Å². The van der Waals surface area contributed by atoms with Crippen molar-refractivity contribution in [2.24, 2.45) is 5.41 Å². The fourth-order valence-electron chi connectivity index (χ4n) is 2.98. The molecule has 2 saturated heterocycles. The summed E-state index contributed by atoms with van der Waals surface area (Å²) in [5.41, 5.74) is -0.366. The van der Waals surface area contributed by atoms with Crippen LogP contribution in [0.1, 0.15) is 32.6 Å². The van der Waals surface area contributed by atoms with Crippen molar-refractivity contribution in [1.82, 2.24) is 10.2 Å². The maximum Gasteiger partial charge on any atom is 0.328 e. The largest absolute Gasteiger partial charge is 0.467 e. The topological polar surface area (TPSA) is 58.6 Å². The predicted octanol–water partition coefficient (Wildman–Crippen LogP) is 0.540. The number of hydrogen-bond donors (Lipinski definition) is 1. The van der Waals surface area contributed by atoms with Crippen LogP contribution in [0, 0.1) is 5.41 Å². The normalized spacial score (nSPS) is 32.3. The lowest BCUT2D eigenvalue weighted by atomic mass is 9.81. The molecule has 2 aliphatic rings. The lowest BCUT2D eigenvalue weighted by Crippen LogP contribution is -2.53. The summed E-state index contributed by atoms with van der Waals surface area (Å²) in [5, 5.41) is 3.27. The number of ether oxygens (including phenoxy) is 1. The molecule has 1 N–H and O–H groups in total. The van der Waals surface area contributed by atoms with Crippen LogP contribution in [0.2, 0.25) is 0 Å². The van der Waals surface area contributed by atoms with Gasteiger partial charge in [-0.05, 0) is 39.2 Å². The second-order valence-corrected chi connectivity index (χ2v) is 5.52. The van der Waals surface area contributed by atoms with Gasteiger partial charge in [0.15, 0.2) is 0 Å². The second-order valence-electron chi connectivity index (χ2n) is 5.52. The number of esters is 1. The zero-order valence-corrected chi connectivity index (χ0v) is 11.2. The Kier molecular flexibility index (Phi) is 3.90. The van der Waals surface area contributed by atoms with Crippen molar-refractivity contribution in [1.29, 1.82) is 0 Å². The van der Waals surface area contributed by atoms with Gasteiger partial charge in [0.1, 0.15) is 6.04 Å². The molecule has 2 atom stereocenters. The van der Waals surface area contributed by atoms with E-state index in [1.54, 1.807) is 4.90 Å². The van der Waals surface area contributed by atoms with Gasteiger partial charge < -0.3 is 15.0 Å². The molecule has 18 heavy (non-hydrogen) atoms. The summed E-state index contributed by atoms with van der Waals surface area (Å²) >= 11 is 0. The third-order valence-electron chi connectivity index (χ3n) is 4.10. The Bertz CT molecular complexity index is 337. The van der Waals surface area contributed by atoms with Crippen molar-refractivity contribution in [3.63, 3.8) is 0 Å². The van der Waals surface area contributed by atoms with Gasteiger partial charge in [-0.1, -0.05) is 0 Å². The minimum absolute atomic E-state index is 0.0996. The fraction of sp³-hybridized carbons (Fsp3) is 0.846. The summed E-state index contributed by atoms with van der Waals surface area (Å²) in [7, 11) is 1.38. The van der Waals surface area contributed by atoms with Gasteiger partial charge in [-0.15, -0.1) is 0 Å². The number of hydrogen-bond acceptors (Lipinski definition) is 4. The molecule has 0 aromatic rings. The first-order valence-corrected chi connectivity index (χ1v) is 6.68. The maximum atomic E-state index is 12.6. The van der Waals surface area contributed by atoms with Crippen LogP contribution in [-0.2, 0) is 14.3 Å². The third kappa shape index (κ3) is 2.36. The number of amides is 1. The first-order valence-electron chi connectivity index (χ1n) is 6.68. The Labute approximate surface area is 108 Å². The smallest absolute Gasteiger partial charge is 0.328 e. The SMILES string of the molecule is COC(=O)C1CCCN1C(=O)C1(C)CCCNC1. The minimum atomic E-state index is -0.374. The van der Waals surface area contributed by atoms with Crippen LogP contribution in [0.25, 0.3) is 0 Å². The number of carbonyl (C=O) groups is 2. The highest BCUT2D eigenvalue weighted by Crippen LogP contribution is 2.31. The molecule has 0 aromatic heterocycles. The Morgan fingerprint density at radius 2 is 2.17 bits per heavy atom. The molecule has 0 radical (unpaired) electrons. The number of methoxy groups -OCH3 is 1. The molecule has 5 heteroatoms. The first kappa shape index (κ1) is 13.3. The summed E-state index contributed by atoms with van der Waals surface area (Å²) in [6.07, 6.45) is 3.51. The molecule has 0 aliphatic carbocycles. The highest BCUT2D eigenvalue weighted by molar-refractivity contribution is 5.88. The summed E-state index contributed by atoms with van der Waals surface area (Å²) in [5.74, 6) is -0.184. The van der Waals surface area contributed by atoms with Gasteiger partial charge in [-0.25, -0.2) is 4.79 Å². The zero-order chi connectivity index (χ0) is 13.2. The third-order valence-corrected chi connectivity index (χ3v) is 4.10. The maximum absolute atomic E-state index is 12.6. The summed E-state index contributed by atoms with van der Waals surface area (Å²) in [4.78, 5) is 26.0. The number of piperidine rings is 1. The van der Waals surface area contributed by atoms with Gasteiger partial charge in [0, 0.05) is 13.1 Å². The molecule has 0 saturated carbocycles. The number of likely N-dealkylation sites (tertiary alicyclic amines) is 1. The van der Waals surface area contributed by atoms with Crippen LogP contribution < -0.4 is 5.32 Å². The lowest BCUT2D eigenvalue weighted by molar-refractivity contribution is -0.155. The van der Waals surface area contributed by atoms with E-state index in [9.17, 15) is 9.59 Å². The second kappa shape index (κ2) is 5.26. The van der Waals surface area contributed by atoms with Gasteiger partial charge in [-0.3, -0.25) is 4.79 Å². The zero-order valence-electron chi connectivity index (χ0n) is 11.2. The van der Waals surface area contributed by atoms with Crippen molar-refractivity contribution >= 4 is 11.9 Å². The Hall–Kier alpha value is -1.10. The molecule has 0 aromatic carbocycles. The summed E-state index contributed by atoms with van der Waals surface area (Å²) < 4.78 is 4.79. The molecule has 1 amide bonds. The van der Waals surface area contributed by atoms with Crippen molar-refractivity contribution in [2.75, 3.05) is 26.7 Å². The van der Waals surface area contributed by atoms with E-state index in [1.165, 1.54) is 7.11 Å². The summed E-state index contributed by atoms with van der Waals surface area (Å²) in [6, 6.07) is -0.374. The van der Waals surface area contributed by atoms with Crippen molar-refractivity contribution < 1.29 is 14.3 Å². The predicted molar refractivity (Wildman–Crippen MR) is 67.0 cm³/mol. The van der Waals surface area contributed by atoms with E-state index in [-0.39, 0.29) is 23.3 Å². The average molecular weight is 254 g/mol. The van der Waals surface area contributed by atoms with Gasteiger partial charge in [-0.2, -0.15) is 0 Å². The standard InChI is InChI=1S/C13H22N2O3/c1-13(6-4-7-14-9-13)12(17)15-8-3-5-10(15)11(16)18-2/h10,14H,3-9H2,1-2H3. The molecular weight excluding hydrogens is 232 g/mol. The highest BCUT2D eigenvalue weighted by atomic mass is 16.5. The number of nitrogens with one attached hydrogen (secondary N) is 1. The van der Waals surface area contributed by atoms with Crippen molar-refractivity contribution in [3.05, 3.63) is 0 Å². The van der Waals surface area contributed by atoms with Gasteiger partial charge in [0.05, 0.1) is 12.5 Å². The van der Waals surface area contributed by atoms with E-state index in [4.69, 9.17) is 4.74 Å². The molecular formula is C13H22N2O3. The summed E-state index contributed by atoms with van der Waals surface area (Å²) in [6.45, 7) is 4.35. The van der Waals surface area contributed by atoms with Crippen LogP contribution >= 0.6 is 0 Å². The Morgan fingerprint density at radius 1 is 1.39 bits per heavy atom. The van der Waals surface area contributed by atoms with E-state index in [1.807, 2.05) is 6.92 Å². The van der Waals surface area contributed by atoms with E-state index >= 15 is 0 Å². The quantitative estimate of drug-likeness (QED) is 0.731. The lowest BCUT2D eigenvalue weighted by Gasteiger charge is -2.37. The average Bonchev–Trinajstić information content (AvgIpc) is 2.86. The van der Waals surface area contributed by atoms with Crippen molar-refractivity contribution in [2.45, 2.75) is 38.6 Å². The van der Waals surface area contributed by atoms with E-state index < -0.39 is 0 Å². The van der Waals surface area contributed by atoms with E-state index in [0.717, 1.165) is 32.2 Å². The molecule has 102 valence electrons. The van der Waals surface area contributed by atoms with Crippen LogP contribution in [0.15, 0.2) is 0 Å². The monoisotopic (exact) mass is 254 g/mol. The van der Waals surface area contributed by atoms with Gasteiger partial charge >= 0.3 is 5.97 Å². The molecule has 2 unspecified atom stereocenters. The van der Waals surface area contributed by atoms with Crippen LogP contribution in [0.4, 0.5) is 0 Å². The number of nitrogens with zero attached hydrogens (tertiary/aromatic N) is 1. The van der Waals surface area contributed by atoms with Crippen molar-refractivity contribution in [3.8, 4) is 0 Å². The van der Waals surface area contributed by atoms with Crippen LogP contribution in [0.5, 0.6) is 0 Å². The Morgan fingerprint density at radius 3 is 2.78 bits per heavy atom. The Balaban J connectivity index is 2.09. The first-order chi connectivity index (χ1) is 8.58. The van der Waals surface area contributed by atoms with Crippen LogP contribution in [-0.4, -0.2) is 49.6 Å². The number of carbonyl (C=O) groups excluding carboxylic acids is 2. The van der Waals surface area contributed by atoms with Gasteiger partial charge in [0.2, 0.25) is 5.91 Å². The van der Waals surface area contributed by atoms with Gasteiger partial charge in [0.25, 0.3) is 0 Å². The molecule has 0 bridgehead atoms. The minimum Gasteiger partial charge on any atom is -0.467 e. The number of rotatable bonds is 2. The van der Waals surface area contributed by atoms with E-state index in [0.29, 0.717) is 13.1 Å². The molecule has 2 fully saturated rings. The molecule has 2 heterocycles. The fourth-order valence-corrected chi connectivity index (χ4v) is 2.98. The molecule has 2 aliphatic heterocycles.